The summed E-state index contributed by atoms with van der Waals surface area (Å²) in [6, 6.07) is 17.6. The summed E-state index contributed by atoms with van der Waals surface area (Å²) in [5.41, 5.74) is 2.09. The molecule has 1 amide bonds. The van der Waals surface area contributed by atoms with Crippen LogP contribution < -0.4 is 10.1 Å². The van der Waals surface area contributed by atoms with E-state index in [1.54, 1.807) is 11.8 Å². The van der Waals surface area contributed by atoms with Gasteiger partial charge in [-0.1, -0.05) is 42.1 Å². The Hall–Kier alpha value is -2.87. The molecular formula is C19H21N5O2S. The average molecular weight is 383 g/mol. The lowest BCUT2D eigenvalue weighted by atomic mass is 10.1. The van der Waals surface area contributed by atoms with Gasteiger partial charge in [0, 0.05) is 6.54 Å². The van der Waals surface area contributed by atoms with Gasteiger partial charge in [-0.25, -0.2) is 0 Å². The van der Waals surface area contributed by atoms with Crippen molar-refractivity contribution in [3.05, 3.63) is 60.2 Å². The molecule has 2 aromatic carbocycles. The summed E-state index contributed by atoms with van der Waals surface area (Å²) in [7, 11) is 1.62. The van der Waals surface area contributed by atoms with E-state index in [4.69, 9.17) is 4.74 Å². The second kappa shape index (κ2) is 9.72. The van der Waals surface area contributed by atoms with Gasteiger partial charge in [0.25, 0.3) is 0 Å². The number of carbonyl (C=O) groups excluding carboxylic acids is 1. The third kappa shape index (κ3) is 5.55. The highest BCUT2D eigenvalue weighted by molar-refractivity contribution is 7.99. The number of hydrogen-bond donors (Lipinski definition) is 1. The first-order valence-corrected chi connectivity index (χ1v) is 9.61. The van der Waals surface area contributed by atoms with E-state index in [9.17, 15) is 4.79 Å². The number of amides is 1. The second-order valence-corrected chi connectivity index (χ2v) is 6.74. The molecule has 1 heterocycles. The smallest absolute Gasteiger partial charge is 0.230 e. The van der Waals surface area contributed by atoms with Crippen molar-refractivity contribution >= 4 is 17.7 Å². The predicted molar refractivity (Wildman–Crippen MR) is 104 cm³/mol. The fourth-order valence-corrected chi connectivity index (χ4v) is 3.22. The Morgan fingerprint density at radius 3 is 2.67 bits per heavy atom. The van der Waals surface area contributed by atoms with Crippen molar-refractivity contribution in [1.29, 1.82) is 0 Å². The number of aryl methyl sites for hydroxylation is 1. The van der Waals surface area contributed by atoms with Crippen LogP contribution >= 0.6 is 11.8 Å². The summed E-state index contributed by atoms with van der Waals surface area (Å²) >= 11 is 1.30. The summed E-state index contributed by atoms with van der Waals surface area (Å²) in [5.74, 6) is 0.996. The van der Waals surface area contributed by atoms with Crippen LogP contribution in [0.1, 0.15) is 12.0 Å². The fourth-order valence-electron chi connectivity index (χ4n) is 2.50. The summed E-state index contributed by atoms with van der Waals surface area (Å²) < 4.78 is 6.76. The molecule has 8 heteroatoms. The first-order chi connectivity index (χ1) is 13.3. The molecule has 1 aromatic heterocycles. The Morgan fingerprint density at radius 1 is 1.15 bits per heavy atom. The Bertz CT molecular complexity index is 852. The number of methoxy groups -OCH3 is 1. The van der Waals surface area contributed by atoms with Crippen LogP contribution in [0.4, 0.5) is 0 Å². The van der Waals surface area contributed by atoms with Gasteiger partial charge in [0.15, 0.2) is 0 Å². The SMILES string of the molecule is COc1ccc(-n2nnnc2SCC(=O)NCCCc2ccccc2)cc1. The van der Waals surface area contributed by atoms with Gasteiger partial charge in [-0.2, -0.15) is 4.68 Å². The monoisotopic (exact) mass is 383 g/mol. The van der Waals surface area contributed by atoms with Crippen molar-refractivity contribution in [2.45, 2.75) is 18.0 Å². The van der Waals surface area contributed by atoms with Crippen molar-refractivity contribution in [3.8, 4) is 11.4 Å². The molecule has 3 aromatic rings. The number of hydrogen-bond acceptors (Lipinski definition) is 6. The Kier molecular flexibility index (Phi) is 6.81. The summed E-state index contributed by atoms with van der Waals surface area (Å²) in [6.07, 6.45) is 1.86. The van der Waals surface area contributed by atoms with E-state index in [-0.39, 0.29) is 11.7 Å². The number of benzene rings is 2. The molecule has 0 fully saturated rings. The lowest BCUT2D eigenvalue weighted by molar-refractivity contribution is -0.118. The molecule has 0 spiro atoms. The molecule has 140 valence electrons. The quantitative estimate of drug-likeness (QED) is 0.452. The summed E-state index contributed by atoms with van der Waals surface area (Å²) in [4.78, 5) is 12.1. The van der Waals surface area contributed by atoms with E-state index in [1.165, 1.54) is 17.3 Å². The minimum absolute atomic E-state index is 0.0302. The van der Waals surface area contributed by atoms with Gasteiger partial charge in [-0.15, -0.1) is 5.10 Å². The van der Waals surface area contributed by atoms with Crippen molar-refractivity contribution in [2.75, 3.05) is 19.4 Å². The maximum absolute atomic E-state index is 12.1. The topological polar surface area (TPSA) is 81.9 Å². The third-order valence-corrected chi connectivity index (χ3v) is 4.82. The molecule has 0 aliphatic carbocycles. The van der Waals surface area contributed by atoms with Gasteiger partial charge < -0.3 is 10.1 Å². The molecule has 0 aliphatic rings. The van der Waals surface area contributed by atoms with Crippen LogP contribution in [0, 0.1) is 0 Å². The highest BCUT2D eigenvalue weighted by Gasteiger charge is 2.11. The minimum Gasteiger partial charge on any atom is -0.497 e. The predicted octanol–water partition coefficient (Wildman–Crippen LogP) is 2.51. The molecular weight excluding hydrogens is 362 g/mol. The van der Waals surface area contributed by atoms with E-state index in [0.29, 0.717) is 11.7 Å². The first kappa shape index (κ1) is 18.9. The minimum atomic E-state index is -0.0302. The number of aromatic nitrogens is 4. The zero-order chi connectivity index (χ0) is 18.9. The first-order valence-electron chi connectivity index (χ1n) is 8.62. The van der Waals surface area contributed by atoms with Gasteiger partial charge in [-0.3, -0.25) is 4.79 Å². The van der Waals surface area contributed by atoms with Crippen molar-refractivity contribution < 1.29 is 9.53 Å². The fraction of sp³-hybridized carbons (Fsp3) is 0.263. The molecule has 0 atom stereocenters. The van der Waals surface area contributed by atoms with Crippen LogP contribution in [0.15, 0.2) is 59.8 Å². The van der Waals surface area contributed by atoms with Crippen LogP contribution in [0.3, 0.4) is 0 Å². The molecule has 7 nitrogen and oxygen atoms in total. The van der Waals surface area contributed by atoms with E-state index < -0.39 is 0 Å². The molecule has 0 radical (unpaired) electrons. The standard InChI is InChI=1S/C19H21N5O2S/c1-26-17-11-9-16(10-12-17)24-19(21-22-23-24)27-14-18(25)20-13-5-8-15-6-3-2-4-7-15/h2-4,6-7,9-12H,5,8,13-14H2,1H3,(H,20,25). The van der Waals surface area contributed by atoms with Gasteiger partial charge >= 0.3 is 0 Å². The highest BCUT2D eigenvalue weighted by Crippen LogP contribution is 2.20. The largest absolute Gasteiger partial charge is 0.497 e. The Labute approximate surface area is 162 Å². The molecule has 3 rings (SSSR count). The number of nitrogens with zero attached hydrogens (tertiary/aromatic N) is 4. The number of ether oxygens (including phenoxy) is 1. The van der Waals surface area contributed by atoms with Crippen molar-refractivity contribution in [1.82, 2.24) is 25.5 Å². The molecule has 0 saturated heterocycles. The number of thioether (sulfide) groups is 1. The van der Waals surface area contributed by atoms with Crippen LogP contribution in [0.5, 0.6) is 5.75 Å². The van der Waals surface area contributed by atoms with Crippen LogP contribution in [0.25, 0.3) is 5.69 Å². The number of tetrazole rings is 1. The third-order valence-electron chi connectivity index (χ3n) is 3.90. The van der Waals surface area contributed by atoms with E-state index in [1.807, 2.05) is 42.5 Å². The van der Waals surface area contributed by atoms with Gasteiger partial charge in [0.2, 0.25) is 11.1 Å². The maximum atomic E-state index is 12.1. The van der Waals surface area contributed by atoms with Crippen molar-refractivity contribution in [2.24, 2.45) is 0 Å². The van der Waals surface area contributed by atoms with E-state index in [0.717, 1.165) is 24.3 Å². The zero-order valence-electron chi connectivity index (χ0n) is 15.0. The highest BCUT2D eigenvalue weighted by atomic mass is 32.2. The second-order valence-electron chi connectivity index (χ2n) is 5.80. The number of rotatable bonds is 9. The number of carbonyl (C=O) groups is 1. The van der Waals surface area contributed by atoms with Crippen LogP contribution in [-0.2, 0) is 11.2 Å². The van der Waals surface area contributed by atoms with Gasteiger partial charge in [0.1, 0.15) is 5.75 Å². The van der Waals surface area contributed by atoms with E-state index in [2.05, 4.69) is 33.0 Å². The lowest BCUT2D eigenvalue weighted by Gasteiger charge is -2.06. The number of nitrogens with one attached hydrogen (secondary N) is 1. The van der Waals surface area contributed by atoms with Gasteiger partial charge in [0.05, 0.1) is 18.6 Å². The average Bonchev–Trinajstić information content (AvgIpc) is 3.19. The van der Waals surface area contributed by atoms with Crippen LogP contribution in [-0.4, -0.2) is 45.5 Å². The van der Waals surface area contributed by atoms with E-state index >= 15 is 0 Å². The zero-order valence-corrected chi connectivity index (χ0v) is 15.9. The van der Waals surface area contributed by atoms with Crippen molar-refractivity contribution in [3.63, 3.8) is 0 Å². The van der Waals surface area contributed by atoms with Gasteiger partial charge in [-0.05, 0) is 53.1 Å². The van der Waals surface area contributed by atoms with Crippen LogP contribution in [0.2, 0.25) is 0 Å². The summed E-state index contributed by atoms with van der Waals surface area (Å²) in [5, 5.41) is 15.2. The Balaban J connectivity index is 1.44. The molecule has 0 bridgehead atoms. The normalized spacial score (nSPS) is 10.6. The maximum Gasteiger partial charge on any atom is 0.230 e. The Morgan fingerprint density at radius 2 is 1.93 bits per heavy atom. The summed E-state index contributed by atoms with van der Waals surface area (Å²) in [6.45, 7) is 0.651. The molecule has 1 N–H and O–H groups in total. The molecule has 0 unspecified atom stereocenters. The lowest BCUT2D eigenvalue weighted by Crippen LogP contribution is -2.26. The molecule has 27 heavy (non-hydrogen) atoms. The molecule has 0 aliphatic heterocycles. The molecule has 0 saturated carbocycles.